The standard InChI is InChI=1S/C14H16F2N4O2S3/c1-10-17-20(14(23)24-10)9-18-4-6-19(7-5-18)25(21,22)11-2-3-12(15)13(16)8-11/h2-3,8H,4-7,9H2,1H3. The quantitative estimate of drug-likeness (QED) is 0.729. The summed E-state index contributed by atoms with van der Waals surface area (Å²) in [6.07, 6.45) is 0. The number of nitrogens with zero attached hydrogens (tertiary/aromatic N) is 4. The highest BCUT2D eigenvalue weighted by Crippen LogP contribution is 2.20. The normalized spacial score (nSPS) is 17.1. The number of hydrogen-bond donors (Lipinski definition) is 0. The molecule has 0 radical (unpaired) electrons. The van der Waals surface area contributed by atoms with Crippen LogP contribution in [0.25, 0.3) is 0 Å². The van der Waals surface area contributed by atoms with E-state index in [9.17, 15) is 17.2 Å². The maximum Gasteiger partial charge on any atom is 0.243 e. The van der Waals surface area contributed by atoms with Crippen molar-refractivity contribution in [3.8, 4) is 0 Å². The van der Waals surface area contributed by atoms with Gasteiger partial charge in [0.05, 0.1) is 11.6 Å². The van der Waals surface area contributed by atoms with Gasteiger partial charge in [-0.1, -0.05) is 11.3 Å². The van der Waals surface area contributed by atoms with Gasteiger partial charge in [0, 0.05) is 26.2 Å². The number of aryl methyl sites for hydroxylation is 1. The molecule has 0 N–H and O–H groups in total. The molecule has 1 aromatic carbocycles. The molecular weight excluding hydrogens is 390 g/mol. The third-order valence-electron chi connectivity index (χ3n) is 3.90. The van der Waals surface area contributed by atoms with Gasteiger partial charge in [0.25, 0.3) is 0 Å². The van der Waals surface area contributed by atoms with Crippen LogP contribution in [0.4, 0.5) is 8.78 Å². The molecule has 0 saturated carbocycles. The fourth-order valence-electron chi connectivity index (χ4n) is 2.59. The van der Waals surface area contributed by atoms with E-state index >= 15 is 0 Å². The first-order chi connectivity index (χ1) is 11.8. The maximum atomic E-state index is 13.3. The first-order valence-corrected chi connectivity index (χ1v) is 10.2. The molecule has 0 spiro atoms. The van der Waals surface area contributed by atoms with E-state index in [0.29, 0.717) is 29.8 Å². The Morgan fingerprint density at radius 1 is 1.20 bits per heavy atom. The van der Waals surface area contributed by atoms with Gasteiger partial charge in [-0.3, -0.25) is 4.90 Å². The molecule has 25 heavy (non-hydrogen) atoms. The molecule has 0 bridgehead atoms. The second-order valence-corrected chi connectivity index (χ2v) is 9.39. The second-order valence-electron chi connectivity index (χ2n) is 5.63. The minimum atomic E-state index is -3.84. The van der Waals surface area contributed by atoms with Crippen molar-refractivity contribution in [2.75, 3.05) is 26.2 Å². The van der Waals surface area contributed by atoms with Crippen molar-refractivity contribution >= 4 is 33.6 Å². The van der Waals surface area contributed by atoms with Gasteiger partial charge in [0.1, 0.15) is 5.01 Å². The monoisotopic (exact) mass is 406 g/mol. The molecule has 0 amide bonds. The van der Waals surface area contributed by atoms with Gasteiger partial charge in [-0.2, -0.15) is 9.40 Å². The summed E-state index contributed by atoms with van der Waals surface area (Å²) in [6, 6.07) is 2.62. The Labute approximate surface area is 153 Å². The summed E-state index contributed by atoms with van der Waals surface area (Å²) >= 11 is 6.66. The van der Waals surface area contributed by atoms with E-state index in [2.05, 4.69) is 5.10 Å². The predicted molar refractivity (Wildman–Crippen MR) is 92.4 cm³/mol. The minimum Gasteiger partial charge on any atom is -0.282 e. The lowest BCUT2D eigenvalue weighted by molar-refractivity contribution is 0.145. The third kappa shape index (κ3) is 3.95. The van der Waals surface area contributed by atoms with Gasteiger partial charge in [0.2, 0.25) is 10.0 Å². The first kappa shape index (κ1) is 18.5. The van der Waals surface area contributed by atoms with Gasteiger partial charge in [-0.05, 0) is 37.3 Å². The predicted octanol–water partition coefficient (Wildman–Crippen LogP) is 2.22. The number of piperazine rings is 1. The summed E-state index contributed by atoms with van der Waals surface area (Å²) in [5.74, 6) is -2.24. The summed E-state index contributed by atoms with van der Waals surface area (Å²) < 4.78 is 55.1. The Hall–Kier alpha value is -1.27. The molecule has 2 heterocycles. The zero-order chi connectivity index (χ0) is 18.2. The summed E-state index contributed by atoms with van der Waals surface area (Å²) in [6.45, 7) is 3.91. The second kappa shape index (κ2) is 7.16. The largest absolute Gasteiger partial charge is 0.282 e. The molecule has 1 aromatic heterocycles. The Morgan fingerprint density at radius 2 is 1.88 bits per heavy atom. The molecule has 0 atom stereocenters. The third-order valence-corrected chi connectivity index (χ3v) is 7.02. The first-order valence-electron chi connectivity index (χ1n) is 7.49. The molecule has 2 aromatic rings. The molecule has 3 rings (SSSR count). The lowest BCUT2D eigenvalue weighted by atomic mass is 10.3. The zero-order valence-electron chi connectivity index (χ0n) is 13.4. The summed E-state index contributed by atoms with van der Waals surface area (Å²) in [5.41, 5.74) is 0. The molecule has 0 unspecified atom stereocenters. The van der Waals surface area contributed by atoms with E-state index in [1.54, 1.807) is 4.68 Å². The van der Waals surface area contributed by atoms with Gasteiger partial charge >= 0.3 is 0 Å². The van der Waals surface area contributed by atoms with E-state index in [-0.39, 0.29) is 18.0 Å². The van der Waals surface area contributed by atoms with Crippen LogP contribution in [0.1, 0.15) is 5.01 Å². The Kier molecular flexibility index (Phi) is 5.30. The molecule has 1 aliphatic rings. The number of halogens is 2. The summed E-state index contributed by atoms with van der Waals surface area (Å²) in [5, 5.41) is 5.20. The summed E-state index contributed by atoms with van der Waals surface area (Å²) in [7, 11) is -3.84. The van der Waals surface area contributed by atoms with Crippen LogP contribution < -0.4 is 0 Å². The molecule has 1 aliphatic heterocycles. The van der Waals surface area contributed by atoms with E-state index < -0.39 is 21.7 Å². The fourth-order valence-corrected chi connectivity index (χ4v) is 5.08. The Bertz CT molecular complexity index is 934. The lowest BCUT2D eigenvalue weighted by Crippen LogP contribution is -2.48. The van der Waals surface area contributed by atoms with E-state index in [0.717, 1.165) is 17.1 Å². The summed E-state index contributed by atoms with van der Waals surface area (Å²) in [4.78, 5) is 1.81. The SMILES string of the molecule is Cc1nn(CN2CCN(S(=O)(=O)c3ccc(F)c(F)c3)CC2)c(=S)s1. The van der Waals surface area contributed by atoms with Crippen LogP contribution >= 0.6 is 23.6 Å². The van der Waals surface area contributed by atoms with Gasteiger partial charge in [0.15, 0.2) is 15.6 Å². The topological polar surface area (TPSA) is 58.4 Å². The molecule has 0 aliphatic carbocycles. The van der Waals surface area contributed by atoms with E-state index in [1.165, 1.54) is 15.6 Å². The van der Waals surface area contributed by atoms with E-state index in [1.807, 2.05) is 11.8 Å². The maximum absolute atomic E-state index is 13.3. The van der Waals surface area contributed by atoms with Crippen LogP contribution in [0.5, 0.6) is 0 Å². The lowest BCUT2D eigenvalue weighted by Gasteiger charge is -2.33. The van der Waals surface area contributed by atoms with Crippen LogP contribution in [0.2, 0.25) is 0 Å². The van der Waals surface area contributed by atoms with Crippen LogP contribution in [-0.4, -0.2) is 53.6 Å². The number of hydrogen-bond acceptors (Lipinski definition) is 6. The van der Waals surface area contributed by atoms with Crippen molar-refractivity contribution in [2.45, 2.75) is 18.5 Å². The van der Waals surface area contributed by atoms with E-state index in [4.69, 9.17) is 12.2 Å². The highest BCUT2D eigenvalue weighted by Gasteiger charge is 2.29. The van der Waals surface area contributed by atoms with Crippen molar-refractivity contribution in [1.29, 1.82) is 0 Å². The highest BCUT2D eigenvalue weighted by molar-refractivity contribution is 7.89. The van der Waals surface area contributed by atoms with Crippen LogP contribution in [-0.2, 0) is 16.7 Å². The number of sulfonamides is 1. The molecule has 11 heteroatoms. The van der Waals surface area contributed by atoms with Crippen molar-refractivity contribution in [3.05, 3.63) is 38.8 Å². The Balaban J connectivity index is 1.67. The Morgan fingerprint density at radius 3 is 2.44 bits per heavy atom. The number of aromatic nitrogens is 2. The van der Waals surface area contributed by atoms with Gasteiger partial charge in [-0.15, -0.1) is 0 Å². The molecule has 6 nitrogen and oxygen atoms in total. The smallest absolute Gasteiger partial charge is 0.243 e. The highest BCUT2D eigenvalue weighted by atomic mass is 32.2. The molecule has 136 valence electrons. The molecule has 1 fully saturated rings. The molecular formula is C14H16F2N4O2S3. The van der Waals surface area contributed by atoms with Crippen LogP contribution in [0.3, 0.4) is 0 Å². The average Bonchev–Trinajstić information content (AvgIpc) is 2.88. The van der Waals surface area contributed by atoms with Crippen molar-refractivity contribution in [3.63, 3.8) is 0 Å². The minimum absolute atomic E-state index is 0.239. The average molecular weight is 407 g/mol. The van der Waals surface area contributed by atoms with Crippen LogP contribution in [0, 0.1) is 22.5 Å². The fraction of sp³-hybridized carbons (Fsp3) is 0.429. The van der Waals surface area contributed by atoms with Crippen molar-refractivity contribution in [2.24, 2.45) is 0 Å². The van der Waals surface area contributed by atoms with Crippen molar-refractivity contribution < 1.29 is 17.2 Å². The van der Waals surface area contributed by atoms with Gasteiger partial charge < -0.3 is 0 Å². The number of rotatable bonds is 4. The van der Waals surface area contributed by atoms with Crippen LogP contribution in [0.15, 0.2) is 23.1 Å². The number of benzene rings is 1. The van der Waals surface area contributed by atoms with Crippen molar-refractivity contribution in [1.82, 2.24) is 19.0 Å². The molecule has 1 saturated heterocycles. The zero-order valence-corrected chi connectivity index (χ0v) is 15.8. The van der Waals surface area contributed by atoms with Gasteiger partial charge in [-0.25, -0.2) is 21.9 Å².